The molecule has 2 N–H and O–H groups in total. The summed E-state index contributed by atoms with van der Waals surface area (Å²) in [5, 5.41) is 12.4. The highest BCUT2D eigenvalue weighted by molar-refractivity contribution is 6.33. The monoisotopic (exact) mass is 453 g/mol. The number of carbonyl (C=O) groups is 2. The molecule has 0 aliphatic rings. The summed E-state index contributed by atoms with van der Waals surface area (Å²) >= 11 is 6.40. The Labute approximate surface area is 187 Å². The number of rotatable bonds is 5. The number of carboxylic acids is 1. The zero-order valence-corrected chi connectivity index (χ0v) is 17.8. The van der Waals surface area contributed by atoms with E-state index in [-0.39, 0.29) is 27.9 Å². The minimum atomic E-state index is -1.16. The number of carboxylic acid groups (broad SMARTS) is 1. The van der Waals surface area contributed by atoms with Gasteiger partial charge in [-0.3, -0.25) is 9.20 Å². The number of nitrogens with zero attached hydrogens (tertiary/aromatic N) is 2. The zero-order valence-electron chi connectivity index (χ0n) is 17.0. The van der Waals surface area contributed by atoms with Crippen LogP contribution >= 0.6 is 11.6 Å². The van der Waals surface area contributed by atoms with Crippen LogP contribution in [0.4, 0.5) is 4.39 Å². The summed E-state index contributed by atoms with van der Waals surface area (Å²) in [7, 11) is 2.86. The van der Waals surface area contributed by atoms with Gasteiger partial charge in [-0.2, -0.15) is 0 Å². The van der Waals surface area contributed by atoms with E-state index in [9.17, 15) is 19.1 Å². The highest BCUT2D eigenvalue weighted by atomic mass is 35.5. The number of fused-ring (bicyclic) bond motifs is 1. The third-order valence-electron chi connectivity index (χ3n) is 5.01. The number of aromatic nitrogens is 2. The quantitative estimate of drug-likeness (QED) is 0.463. The Bertz CT molecular complexity index is 1370. The fraction of sp³-hybridized carbons (Fsp3) is 0.0870. The topological polar surface area (TPSA) is 92.9 Å². The van der Waals surface area contributed by atoms with E-state index < -0.39 is 11.8 Å². The third kappa shape index (κ3) is 3.65. The summed E-state index contributed by atoms with van der Waals surface area (Å²) < 4.78 is 20.1. The lowest BCUT2D eigenvalue weighted by Crippen LogP contribution is -2.20. The van der Waals surface area contributed by atoms with Gasteiger partial charge in [-0.25, -0.2) is 14.2 Å². The summed E-state index contributed by atoms with van der Waals surface area (Å²) in [6.45, 7) is 0. The third-order valence-corrected chi connectivity index (χ3v) is 5.32. The first kappa shape index (κ1) is 21.3. The molecule has 2 aromatic heterocycles. The average Bonchev–Trinajstić information content (AvgIpc) is 3.17. The van der Waals surface area contributed by atoms with Crippen LogP contribution in [0.2, 0.25) is 5.02 Å². The predicted molar refractivity (Wildman–Crippen MR) is 118 cm³/mol. The lowest BCUT2D eigenvalue weighted by Gasteiger charge is -2.11. The Kier molecular flexibility index (Phi) is 5.54. The average molecular weight is 454 g/mol. The lowest BCUT2D eigenvalue weighted by molar-refractivity contribution is 0.0693. The van der Waals surface area contributed by atoms with Crippen LogP contribution in [0.3, 0.4) is 0 Å². The van der Waals surface area contributed by atoms with E-state index in [0.29, 0.717) is 28.0 Å². The van der Waals surface area contributed by atoms with E-state index >= 15 is 0 Å². The molecule has 0 aliphatic carbocycles. The molecule has 0 saturated heterocycles. The summed E-state index contributed by atoms with van der Waals surface area (Å²) in [4.78, 5) is 28.9. The van der Waals surface area contributed by atoms with Gasteiger partial charge in [0.2, 0.25) is 0 Å². The molecule has 4 rings (SSSR count). The molecule has 7 nitrogen and oxygen atoms in total. The molecular formula is C23H17ClFN3O4. The molecule has 0 spiro atoms. The van der Waals surface area contributed by atoms with Gasteiger partial charge in [-0.05, 0) is 48.0 Å². The van der Waals surface area contributed by atoms with E-state index in [2.05, 4.69) is 10.3 Å². The van der Waals surface area contributed by atoms with Gasteiger partial charge in [0.05, 0.1) is 12.1 Å². The van der Waals surface area contributed by atoms with Gasteiger partial charge in [0.1, 0.15) is 34.2 Å². The highest BCUT2D eigenvalue weighted by Crippen LogP contribution is 2.35. The second-order valence-corrected chi connectivity index (χ2v) is 7.29. The minimum Gasteiger partial charge on any atom is -0.496 e. The first-order valence-corrected chi connectivity index (χ1v) is 9.83. The molecule has 0 bridgehead atoms. The van der Waals surface area contributed by atoms with Gasteiger partial charge in [-0.15, -0.1) is 0 Å². The number of halogens is 2. The molecule has 4 aromatic rings. The van der Waals surface area contributed by atoms with Crippen LogP contribution in [0.25, 0.3) is 28.0 Å². The largest absolute Gasteiger partial charge is 0.496 e. The Morgan fingerprint density at radius 2 is 1.81 bits per heavy atom. The number of methoxy groups -OCH3 is 1. The summed E-state index contributed by atoms with van der Waals surface area (Å²) in [5.74, 6) is -1.81. The number of imidazole rings is 1. The molecule has 0 fully saturated rings. The van der Waals surface area contributed by atoms with E-state index in [1.165, 1.54) is 38.4 Å². The molecule has 9 heteroatoms. The van der Waals surface area contributed by atoms with Crippen molar-refractivity contribution in [3.63, 3.8) is 0 Å². The second-order valence-electron chi connectivity index (χ2n) is 6.88. The number of nitrogens with one attached hydrogen (secondary N) is 1. The number of amides is 1. The second kappa shape index (κ2) is 8.32. The van der Waals surface area contributed by atoms with Gasteiger partial charge in [-0.1, -0.05) is 11.6 Å². The Hall–Kier alpha value is -3.91. The van der Waals surface area contributed by atoms with Gasteiger partial charge >= 0.3 is 5.97 Å². The molecule has 2 aromatic carbocycles. The van der Waals surface area contributed by atoms with Crippen molar-refractivity contribution < 1.29 is 23.8 Å². The van der Waals surface area contributed by atoms with Crippen LogP contribution in [0.15, 0.2) is 54.7 Å². The number of aromatic carboxylic acids is 1. The molecular weight excluding hydrogens is 437 g/mol. The summed E-state index contributed by atoms with van der Waals surface area (Å²) in [6, 6.07) is 11.9. The van der Waals surface area contributed by atoms with E-state index in [1.54, 1.807) is 34.9 Å². The first-order valence-electron chi connectivity index (χ1n) is 9.45. The standard InChI is InChI=1S/C23H17ClFN3O4/c1-26-22(29)21-20(12-3-6-14(25)7-4-12)27-19-8-5-13(11-28(19)21)15-9-16(23(30)31)18(32-2)10-17(15)24/h3-11H,1-2H3,(H,26,29)(H,30,31). The molecule has 1 amide bonds. The Balaban J connectivity index is 1.95. The van der Waals surface area contributed by atoms with Crippen molar-refractivity contribution >= 4 is 29.1 Å². The van der Waals surface area contributed by atoms with Crippen molar-refractivity contribution in [2.24, 2.45) is 0 Å². The SMILES string of the molecule is CNC(=O)c1c(-c2ccc(F)cc2)nc2ccc(-c3cc(C(=O)O)c(OC)cc3Cl)cn12. The number of pyridine rings is 1. The highest BCUT2D eigenvalue weighted by Gasteiger charge is 2.21. The minimum absolute atomic E-state index is 0.0452. The summed E-state index contributed by atoms with van der Waals surface area (Å²) in [5.41, 5.74) is 2.66. The lowest BCUT2D eigenvalue weighted by atomic mass is 10.0. The molecule has 0 radical (unpaired) electrons. The predicted octanol–water partition coefficient (Wildman–Crippen LogP) is 4.53. The van der Waals surface area contributed by atoms with Crippen molar-refractivity contribution in [1.82, 2.24) is 14.7 Å². The molecule has 0 saturated carbocycles. The van der Waals surface area contributed by atoms with Gasteiger partial charge in [0.25, 0.3) is 5.91 Å². The summed E-state index contributed by atoms with van der Waals surface area (Å²) in [6.07, 6.45) is 1.65. The van der Waals surface area contributed by atoms with E-state index in [4.69, 9.17) is 16.3 Å². The van der Waals surface area contributed by atoms with Gasteiger partial charge < -0.3 is 15.2 Å². The van der Waals surface area contributed by atoms with Gasteiger partial charge in [0.15, 0.2) is 0 Å². The van der Waals surface area contributed by atoms with Crippen LogP contribution in [0, 0.1) is 5.82 Å². The van der Waals surface area contributed by atoms with Crippen molar-refractivity contribution in [1.29, 1.82) is 0 Å². The van der Waals surface area contributed by atoms with Crippen molar-refractivity contribution in [3.05, 3.63) is 76.8 Å². The molecule has 32 heavy (non-hydrogen) atoms. The van der Waals surface area contributed by atoms with Crippen molar-refractivity contribution in [3.8, 4) is 28.1 Å². The Morgan fingerprint density at radius 3 is 2.44 bits per heavy atom. The maximum atomic E-state index is 13.4. The molecule has 0 aliphatic heterocycles. The number of carbonyl (C=O) groups excluding carboxylic acids is 1. The number of hydrogen-bond acceptors (Lipinski definition) is 4. The van der Waals surface area contributed by atoms with Crippen LogP contribution in [-0.2, 0) is 0 Å². The number of benzene rings is 2. The molecule has 0 atom stereocenters. The fourth-order valence-corrected chi connectivity index (χ4v) is 3.72. The van der Waals surface area contributed by atoms with Crippen LogP contribution in [0.1, 0.15) is 20.8 Å². The maximum Gasteiger partial charge on any atom is 0.339 e. The molecule has 2 heterocycles. The molecule has 162 valence electrons. The first-order chi connectivity index (χ1) is 15.3. The van der Waals surface area contributed by atoms with E-state index in [0.717, 1.165) is 0 Å². The maximum absolute atomic E-state index is 13.4. The van der Waals surface area contributed by atoms with Crippen molar-refractivity contribution in [2.75, 3.05) is 14.2 Å². The van der Waals surface area contributed by atoms with E-state index in [1.807, 2.05) is 0 Å². The fourth-order valence-electron chi connectivity index (χ4n) is 3.46. The Morgan fingerprint density at radius 1 is 1.12 bits per heavy atom. The number of hydrogen-bond donors (Lipinski definition) is 2. The molecule has 0 unspecified atom stereocenters. The van der Waals surface area contributed by atoms with Gasteiger partial charge in [0, 0.05) is 30.4 Å². The smallest absolute Gasteiger partial charge is 0.339 e. The zero-order chi connectivity index (χ0) is 23.0. The van der Waals surface area contributed by atoms with Crippen LogP contribution in [0.5, 0.6) is 5.75 Å². The number of ether oxygens (including phenoxy) is 1. The normalized spacial score (nSPS) is 10.9. The van der Waals surface area contributed by atoms with Crippen LogP contribution < -0.4 is 10.1 Å². The van der Waals surface area contributed by atoms with Crippen molar-refractivity contribution in [2.45, 2.75) is 0 Å². The van der Waals surface area contributed by atoms with Crippen LogP contribution in [-0.4, -0.2) is 40.5 Å².